The van der Waals surface area contributed by atoms with Crippen molar-refractivity contribution < 1.29 is 14.7 Å². The highest BCUT2D eigenvalue weighted by atomic mass is 16.3. The van der Waals surface area contributed by atoms with E-state index in [1.54, 1.807) is 0 Å². The first kappa shape index (κ1) is 9.90. The van der Waals surface area contributed by atoms with Crippen molar-refractivity contribution >= 4 is 11.8 Å². The Balaban J connectivity index is 3.54. The Kier molecular flexibility index (Phi) is 4.21. The minimum absolute atomic E-state index is 0.0970. The van der Waals surface area contributed by atoms with Gasteiger partial charge in [0.2, 0.25) is 11.8 Å². The molecule has 3 N–H and O–H groups in total. The molecule has 0 rings (SSSR count). The summed E-state index contributed by atoms with van der Waals surface area (Å²) in [5.41, 5.74) is 0. The number of aliphatic hydroxyl groups excluding tert-OH is 1. The van der Waals surface area contributed by atoms with Crippen molar-refractivity contribution in [2.24, 2.45) is 0 Å². The molecular weight excluding hydrogens is 148 g/mol. The molecule has 0 fully saturated rings. The molecule has 0 aromatic carbocycles. The minimum atomic E-state index is -1.07. The third kappa shape index (κ3) is 4.32. The van der Waals surface area contributed by atoms with E-state index in [-0.39, 0.29) is 12.5 Å². The van der Waals surface area contributed by atoms with Gasteiger partial charge in [0.15, 0.2) is 0 Å². The van der Waals surface area contributed by atoms with E-state index >= 15 is 0 Å². The quantitative estimate of drug-likeness (QED) is 0.457. The molecule has 0 saturated heterocycles. The zero-order chi connectivity index (χ0) is 8.85. The zero-order valence-electron chi connectivity index (χ0n) is 6.55. The molecular formula is C6H12N2O3. The number of rotatable bonds is 3. The maximum absolute atomic E-state index is 10.6. The van der Waals surface area contributed by atoms with Crippen molar-refractivity contribution in [3.05, 3.63) is 0 Å². The Morgan fingerprint density at radius 3 is 2.45 bits per heavy atom. The molecule has 2 amide bonds. The average Bonchev–Trinajstić information content (AvgIpc) is 1.99. The van der Waals surface area contributed by atoms with E-state index in [4.69, 9.17) is 5.11 Å². The number of hydrogen-bond acceptors (Lipinski definition) is 3. The molecule has 1 atom stereocenters. The highest BCUT2D eigenvalue weighted by molar-refractivity contribution is 5.86. The van der Waals surface area contributed by atoms with E-state index in [0.29, 0.717) is 0 Å². The Bertz CT molecular complexity index is 156. The van der Waals surface area contributed by atoms with Crippen LogP contribution in [0.4, 0.5) is 0 Å². The van der Waals surface area contributed by atoms with E-state index in [9.17, 15) is 9.59 Å². The zero-order valence-corrected chi connectivity index (χ0v) is 6.55. The summed E-state index contributed by atoms with van der Waals surface area (Å²) in [6.07, 6.45) is -1.07. The van der Waals surface area contributed by atoms with E-state index < -0.39 is 12.0 Å². The molecule has 0 bridgehead atoms. The normalized spacial score (nSPS) is 11.9. The maximum atomic E-state index is 10.6. The third-order valence-electron chi connectivity index (χ3n) is 1.08. The molecule has 0 aliphatic heterocycles. The Labute approximate surface area is 64.8 Å². The molecule has 11 heavy (non-hydrogen) atoms. The summed E-state index contributed by atoms with van der Waals surface area (Å²) < 4.78 is 0. The number of nitrogens with one attached hydrogen (secondary N) is 2. The van der Waals surface area contributed by atoms with Crippen LogP contribution in [0.1, 0.15) is 6.92 Å². The van der Waals surface area contributed by atoms with Gasteiger partial charge in [-0.1, -0.05) is 0 Å². The number of carbonyl (C=O) groups excluding carboxylic acids is 2. The van der Waals surface area contributed by atoms with Crippen LogP contribution in [0.25, 0.3) is 0 Å². The monoisotopic (exact) mass is 160 g/mol. The maximum Gasteiger partial charge on any atom is 0.248 e. The number of hydrogen-bond donors (Lipinski definition) is 3. The lowest BCUT2D eigenvalue weighted by Crippen LogP contribution is -2.39. The topological polar surface area (TPSA) is 78.4 Å². The van der Waals surface area contributed by atoms with Crippen LogP contribution in [0.2, 0.25) is 0 Å². The van der Waals surface area contributed by atoms with E-state index in [2.05, 4.69) is 10.6 Å². The van der Waals surface area contributed by atoms with Crippen molar-refractivity contribution in [1.29, 1.82) is 0 Å². The van der Waals surface area contributed by atoms with Crippen LogP contribution in [0, 0.1) is 0 Å². The Morgan fingerprint density at radius 1 is 1.55 bits per heavy atom. The summed E-state index contributed by atoms with van der Waals surface area (Å²) >= 11 is 0. The van der Waals surface area contributed by atoms with Crippen LogP contribution >= 0.6 is 0 Å². The minimum Gasteiger partial charge on any atom is -0.384 e. The first-order chi connectivity index (χ1) is 5.07. The van der Waals surface area contributed by atoms with Crippen LogP contribution in [0.15, 0.2) is 0 Å². The molecule has 0 unspecified atom stereocenters. The van der Waals surface area contributed by atoms with Crippen molar-refractivity contribution in [3.8, 4) is 0 Å². The lowest BCUT2D eigenvalue weighted by Gasteiger charge is -2.04. The van der Waals surface area contributed by atoms with Crippen molar-refractivity contribution in [2.75, 3.05) is 13.6 Å². The molecule has 0 saturated carbocycles. The third-order valence-corrected chi connectivity index (χ3v) is 1.08. The molecule has 5 heteroatoms. The predicted octanol–water partition coefficient (Wildman–Crippen LogP) is -1.77. The van der Waals surface area contributed by atoms with Crippen molar-refractivity contribution in [2.45, 2.75) is 13.0 Å². The second kappa shape index (κ2) is 4.68. The molecule has 0 aromatic rings. The Hall–Kier alpha value is -1.10. The Morgan fingerprint density at radius 2 is 2.09 bits per heavy atom. The van der Waals surface area contributed by atoms with E-state index in [0.717, 1.165) is 0 Å². The van der Waals surface area contributed by atoms with E-state index in [1.165, 1.54) is 14.0 Å². The van der Waals surface area contributed by atoms with Gasteiger partial charge in [-0.3, -0.25) is 9.59 Å². The second-order valence-electron chi connectivity index (χ2n) is 2.07. The van der Waals surface area contributed by atoms with Crippen LogP contribution in [-0.4, -0.2) is 36.6 Å². The van der Waals surface area contributed by atoms with Gasteiger partial charge >= 0.3 is 0 Å². The lowest BCUT2D eigenvalue weighted by molar-refractivity contribution is -0.131. The average molecular weight is 160 g/mol. The summed E-state index contributed by atoms with van der Waals surface area (Å²) in [6, 6.07) is 0. The fraction of sp³-hybridized carbons (Fsp3) is 0.667. The molecule has 0 aromatic heterocycles. The van der Waals surface area contributed by atoms with Gasteiger partial charge in [-0.2, -0.15) is 0 Å². The van der Waals surface area contributed by atoms with Crippen molar-refractivity contribution in [1.82, 2.24) is 10.6 Å². The number of aliphatic hydroxyl groups is 1. The first-order valence-electron chi connectivity index (χ1n) is 3.24. The number of amides is 2. The van der Waals surface area contributed by atoms with Crippen LogP contribution in [0.3, 0.4) is 0 Å². The fourth-order valence-corrected chi connectivity index (χ4v) is 0.403. The lowest BCUT2D eigenvalue weighted by atomic mass is 10.4. The van der Waals surface area contributed by atoms with Gasteiger partial charge in [0.25, 0.3) is 0 Å². The second-order valence-corrected chi connectivity index (χ2v) is 2.07. The van der Waals surface area contributed by atoms with Crippen molar-refractivity contribution in [3.63, 3.8) is 0 Å². The van der Waals surface area contributed by atoms with E-state index in [1.807, 2.05) is 0 Å². The van der Waals surface area contributed by atoms with Gasteiger partial charge in [-0.25, -0.2) is 0 Å². The molecule has 5 nitrogen and oxygen atoms in total. The van der Waals surface area contributed by atoms with Gasteiger partial charge in [-0.05, 0) is 6.92 Å². The van der Waals surface area contributed by atoms with Gasteiger partial charge < -0.3 is 15.7 Å². The highest BCUT2D eigenvalue weighted by Gasteiger charge is 2.08. The molecule has 0 aliphatic carbocycles. The molecule has 0 spiro atoms. The largest absolute Gasteiger partial charge is 0.384 e. The predicted molar refractivity (Wildman–Crippen MR) is 38.8 cm³/mol. The smallest absolute Gasteiger partial charge is 0.248 e. The molecule has 0 heterocycles. The van der Waals surface area contributed by atoms with Gasteiger partial charge in [0, 0.05) is 7.05 Å². The fourth-order valence-electron chi connectivity index (χ4n) is 0.403. The first-order valence-corrected chi connectivity index (χ1v) is 3.24. The molecule has 0 radical (unpaired) electrons. The summed E-state index contributed by atoms with van der Waals surface area (Å²) in [7, 11) is 1.47. The molecule has 64 valence electrons. The standard InChI is InChI=1S/C6H12N2O3/c1-4(9)6(11)8-3-5(10)7-2/h4,9H,3H2,1-2H3,(H,7,10)(H,8,11)/t4-/m1/s1. The van der Waals surface area contributed by atoms with Crippen LogP contribution < -0.4 is 10.6 Å². The van der Waals surface area contributed by atoms with Gasteiger partial charge in [0.05, 0.1) is 6.54 Å². The summed E-state index contributed by atoms with van der Waals surface area (Å²) in [6.45, 7) is 1.24. The number of likely N-dealkylation sites (N-methyl/N-ethyl adjacent to an activating group) is 1. The highest BCUT2D eigenvalue weighted by Crippen LogP contribution is 1.77. The summed E-state index contributed by atoms with van der Waals surface area (Å²) in [5.74, 6) is -0.840. The summed E-state index contributed by atoms with van der Waals surface area (Å²) in [5, 5.41) is 13.2. The van der Waals surface area contributed by atoms with Crippen LogP contribution in [0.5, 0.6) is 0 Å². The summed E-state index contributed by atoms with van der Waals surface area (Å²) in [4.78, 5) is 21.2. The number of carbonyl (C=O) groups is 2. The van der Waals surface area contributed by atoms with Gasteiger partial charge in [-0.15, -0.1) is 0 Å². The van der Waals surface area contributed by atoms with Crippen LogP contribution in [-0.2, 0) is 9.59 Å². The van der Waals surface area contributed by atoms with Gasteiger partial charge in [0.1, 0.15) is 6.10 Å². The SMILES string of the molecule is CNC(=O)CNC(=O)[C@@H](C)O. The molecule has 0 aliphatic rings.